The molecule has 0 saturated carbocycles. The van der Waals surface area contributed by atoms with Crippen LogP contribution in [0.2, 0.25) is 0 Å². The average Bonchev–Trinajstić information content (AvgIpc) is 3.74. The molecule has 0 spiro atoms. The molecule has 238 valence electrons. The van der Waals surface area contributed by atoms with Gasteiger partial charge in [-0.25, -0.2) is 4.99 Å². The van der Waals surface area contributed by atoms with Crippen molar-refractivity contribution in [1.29, 1.82) is 0 Å². The number of hydrogen-bond acceptors (Lipinski definition) is 4. The van der Waals surface area contributed by atoms with Gasteiger partial charge in [0, 0.05) is 32.8 Å². The van der Waals surface area contributed by atoms with E-state index in [1.165, 1.54) is 27.4 Å². The molecule has 5 heteroatoms. The van der Waals surface area contributed by atoms with Crippen molar-refractivity contribution in [2.75, 3.05) is 0 Å². The summed E-state index contributed by atoms with van der Waals surface area (Å²) in [5, 5.41) is 12.2. The largest absolute Gasteiger partial charge is 0.456 e. The van der Waals surface area contributed by atoms with Gasteiger partial charge in [-0.05, 0) is 64.7 Å². The quantitative estimate of drug-likeness (QED) is 0.196. The van der Waals surface area contributed by atoms with Crippen LogP contribution in [0.3, 0.4) is 0 Å². The van der Waals surface area contributed by atoms with Gasteiger partial charge in [-0.1, -0.05) is 127 Å². The van der Waals surface area contributed by atoms with E-state index in [2.05, 4.69) is 167 Å². The molecule has 3 heterocycles. The number of para-hydroxylation sites is 3. The minimum Gasteiger partial charge on any atom is -0.456 e. The number of rotatable bonds is 5. The molecule has 0 bridgehead atoms. The number of hydrogen-bond donors (Lipinski definition) is 2. The molecule has 0 saturated heterocycles. The van der Waals surface area contributed by atoms with Crippen molar-refractivity contribution in [3.05, 3.63) is 187 Å². The minimum absolute atomic E-state index is 0.193. The summed E-state index contributed by atoms with van der Waals surface area (Å²) >= 11 is 0. The van der Waals surface area contributed by atoms with Crippen molar-refractivity contribution >= 4 is 49.6 Å². The number of aliphatic imine (C=N–C) groups is 1. The number of nitrogens with one attached hydrogen (secondary N) is 2. The predicted molar refractivity (Wildman–Crippen MR) is 205 cm³/mol. The molecule has 9 aromatic rings. The van der Waals surface area contributed by atoms with E-state index in [-0.39, 0.29) is 12.3 Å². The van der Waals surface area contributed by atoms with Gasteiger partial charge in [-0.3, -0.25) is 5.32 Å². The summed E-state index contributed by atoms with van der Waals surface area (Å²) in [6, 6.07) is 59.8. The van der Waals surface area contributed by atoms with Gasteiger partial charge in [0.1, 0.15) is 29.3 Å². The Hall–Kier alpha value is -6.43. The first-order valence-corrected chi connectivity index (χ1v) is 17.0. The normalized spacial score (nSPS) is 16.2. The van der Waals surface area contributed by atoms with Crippen LogP contribution < -0.4 is 10.6 Å². The van der Waals surface area contributed by atoms with Crippen LogP contribution >= 0.6 is 0 Å². The number of furan rings is 1. The van der Waals surface area contributed by atoms with Crippen molar-refractivity contribution in [3.63, 3.8) is 0 Å². The topological polar surface area (TPSA) is 54.5 Å². The first-order valence-electron chi connectivity index (χ1n) is 17.0. The minimum atomic E-state index is -0.236. The molecule has 2 unspecified atom stereocenters. The summed E-state index contributed by atoms with van der Waals surface area (Å²) in [5.41, 5.74) is 10.8. The SMILES string of the molecule is c1ccc(C2N=C(c3cccc(-c4cccc5c4c4ccccc4n5-c4ccccc4)c3)NC(c3ccc4c(c3)oc3ccccc34)N2)cc1. The van der Waals surface area contributed by atoms with Crippen LogP contribution in [0.25, 0.3) is 60.6 Å². The van der Waals surface area contributed by atoms with Gasteiger partial charge in [0.25, 0.3) is 0 Å². The van der Waals surface area contributed by atoms with Crippen LogP contribution in [0.15, 0.2) is 179 Å². The third-order valence-electron chi connectivity index (χ3n) is 9.87. The summed E-state index contributed by atoms with van der Waals surface area (Å²) < 4.78 is 8.65. The molecule has 1 aliphatic heterocycles. The van der Waals surface area contributed by atoms with Crippen molar-refractivity contribution in [2.45, 2.75) is 12.3 Å². The summed E-state index contributed by atoms with van der Waals surface area (Å²) in [6.45, 7) is 0. The molecule has 0 radical (unpaired) electrons. The van der Waals surface area contributed by atoms with E-state index >= 15 is 0 Å². The highest BCUT2D eigenvalue weighted by atomic mass is 16.3. The Balaban J connectivity index is 1.09. The lowest BCUT2D eigenvalue weighted by molar-refractivity contribution is 0.409. The lowest BCUT2D eigenvalue weighted by Crippen LogP contribution is -2.44. The van der Waals surface area contributed by atoms with E-state index in [1.54, 1.807) is 0 Å². The Morgan fingerprint density at radius 3 is 2.10 bits per heavy atom. The van der Waals surface area contributed by atoms with E-state index < -0.39 is 0 Å². The Bertz CT molecular complexity index is 2720. The maximum absolute atomic E-state index is 6.28. The second-order valence-electron chi connectivity index (χ2n) is 12.9. The fraction of sp³-hybridized carbons (Fsp3) is 0.0444. The van der Waals surface area contributed by atoms with Crippen LogP contribution in [0, 0.1) is 0 Å². The molecular formula is C45H32N4O. The lowest BCUT2D eigenvalue weighted by atomic mass is 9.97. The average molecular weight is 645 g/mol. The van der Waals surface area contributed by atoms with Gasteiger partial charge >= 0.3 is 0 Å². The van der Waals surface area contributed by atoms with Crippen molar-refractivity contribution in [2.24, 2.45) is 4.99 Å². The van der Waals surface area contributed by atoms with Crippen LogP contribution in [-0.4, -0.2) is 10.4 Å². The zero-order valence-electron chi connectivity index (χ0n) is 27.1. The molecule has 2 N–H and O–H groups in total. The van der Waals surface area contributed by atoms with Gasteiger partial charge in [0.05, 0.1) is 11.0 Å². The van der Waals surface area contributed by atoms with Crippen molar-refractivity contribution in [3.8, 4) is 16.8 Å². The molecule has 0 amide bonds. The van der Waals surface area contributed by atoms with Gasteiger partial charge < -0.3 is 14.3 Å². The maximum Gasteiger partial charge on any atom is 0.135 e. The molecule has 0 aliphatic carbocycles. The zero-order valence-corrected chi connectivity index (χ0v) is 27.1. The number of nitrogens with zero attached hydrogens (tertiary/aromatic N) is 2. The van der Waals surface area contributed by atoms with E-state index in [1.807, 2.05) is 18.2 Å². The van der Waals surface area contributed by atoms with E-state index in [0.717, 1.165) is 55.7 Å². The predicted octanol–water partition coefficient (Wildman–Crippen LogP) is 10.7. The van der Waals surface area contributed by atoms with Crippen molar-refractivity contribution < 1.29 is 4.42 Å². The summed E-state index contributed by atoms with van der Waals surface area (Å²) in [4.78, 5) is 5.25. The third kappa shape index (κ3) is 4.71. The van der Waals surface area contributed by atoms with Gasteiger partial charge in [-0.2, -0.15) is 0 Å². The molecule has 1 aliphatic rings. The zero-order chi connectivity index (χ0) is 33.0. The van der Waals surface area contributed by atoms with Crippen LogP contribution in [-0.2, 0) is 0 Å². The van der Waals surface area contributed by atoms with Crippen LogP contribution in [0.4, 0.5) is 0 Å². The first kappa shape index (κ1) is 28.6. The van der Waals surface area contributed by atoms with Gasteiger partial charge in [0.15, 0.2) is 0 Å². The molecule has 0 fully saturated rings. The standard InChI is InChI=1S/C45H32N4O/c1-3-13-29(14-4-1)43-46-44(48-45(47-43)32-25-26-36-35-19-8-10-24-40(35)50-41(36)28-32)31-16-11-15-30(27-31)34-21-12-23-39-42(34)37-20-7-9-22-38(37)49(39)33-17-5-2-6-18-33/h1-28,43,45,47H,(H,46,48). The monoisotopic (exact) mass is 644 g/mol. The highest BCUT2D eigenvalue weighted by molar-refractivity contribution is 6.16. The van der Waals surface area contributed by atoms with Gasteiger partial charge in [-0.15, -0.1) is 0 Å². The van der Waals surface area contributed by atoms with Gasteiger partial charge in [0.2, 0.25) is 0 Å². The lowest BCUT2D eigenvalue weighted by Gasteiger charge is -2.32. The molecule has 2 atom stereocenters. The molecule has 50 heavy (non-hydrogen) atoms. The molecular weight excluding hydrogens is 613 g/mol. The smallest absolute Gasteiger partial charge is 0.135 e. The van der Waals surface area contributed by atoms with Crippen molar-refractivity contribution in [1.82, 2.24) is 15.2 Å². The fourth-order valence-electron chi connectivity index (χ4n) is 7.55. The third-order valence-corrected chi connectivity index (χ3v) is 9.87. The number of fused-ring (bicyclic) bond motifs is 6. The maximum atomic E-state index is 6.28. The summed E-state index contributed by atoms with van der Waals surface area (Å²) in [7, 11) is 0. The second kappa shape index (κ2) is 11.6. The highest BCUT2D eigenvalue weighted by Gasteiger charge is 2.26. The summed E-state index contributed by atoms with van der Waals surface area (Å²) in [5.74, 6) is 0.841. The fourth-order valence-corrected chi connectivity index (χ4v) is 7.55. The van der Waals surface area contributed by atoms with E-state index in [9.17, 15) is 0 Å². The number of benzene rings is 7. The molecule has 10 rings (SSSR count). The molecule has 2 aromatic heterocycles. The first-order chi connectivity index (χ1) is 24.8. The number of amidine groups is 1. The Morgan fingerprint density at radius 1 is 0.520 bits per heavy atom. The highest BCUT2D eigenvalue weighted by Crippen LogP contribution is 2.39. The van der Waals surface area contributed by atoms with E-state index in [0.29, 0.717) is 0 Å². The molecule has 5 nitrogen and oxygen atoms in total. The summed E-state index contributed by atoms with van der Waals surface area (Å²) in [6.07, 6.45) is -0.430. The van der Waals surface area contributed by atoms with Crippen LogP contribution in [0.1, 0.15) is 29.0 Å². The number of aromatic nitrogens is 1. The van der Waals surface area contributed by atoms with E-state index in [4.69, 9.17) is 9.41 Å². The Labute approximate surface area is 289 Å². The van der Waals surface area contributed by atoms with Crippen LogP contribution in [0.5, 0.6) is 0 Å². The Kier molecular flexibility index (Phi) is 6.64. The Morgan fingerprint density at radius 2 is 1.22 bits per heavy atom. The second-order valence-corrected chi connectivity index (χ2v) is 12.9. The molecule has 7 aromatic carbocycles.